The van der Waals surface area contributed by atoms with E-state index < -0.39 is 0 Å². The standard InChI is InChI=1S/C31H47N7O2/c1-22-19-25-27(20-23(22)2)34-31(32-13-8-17-39)35-30(25)33-24-11-14-38(15-12-24)21-26-28(37(5)6)9-7-10-29(26)40-18-16-36(3)4/h7,9-10,19-20,24,39H,8,11-18,21H2,1-6H3,(H2,32,33,34,35). The molecule has 0 radical (unpaired) electrons. The van der Waals surface area contributed by atoms with Crippen LogP contribution < -0.4 is 20.3 Å². The van der Waals surface area contributed by atoms with Crippen molar-refractivity contribution in [3.8, 4) is 5.75 Å². The summed E-state index contributed by atoms with van der Waals surface area (Å²) in [6, 6.07) is 11.0. The summed E-state index contributed by atoms with van der Waals surface area (Å²) in [4.78, 5) is 16.5. The van der Waals surface area contributed by atoms with Crippen LogP contribution in [-0.2, 0) is 6.54 Å². The van der Waals surface area contributed by atoms with Gasteiger partial charge in [0.2, 0.25) is 5.95 Å². The van der Waals surface area contributed by atoms with E-state index in [4.69, 9.17) is 14.7 Å². The third kappa shape index (κ3) is 7.74. The van der Waals surface area contributed by atoms with Crippen LogP contribution in [0.4, 0.5) is 17.5 Å². The Morgan fingerprint density at radius 2 is 1.80 bits per heavy atom. The van der Waals surface area contributed by atoms with E-state index in [1.54, 1.807) is 0 Å². The van der Waals surface area contributed by atoms with Crippen molar-refractivity contribution < 1.29 is 9.84 Å². The zero-order chi connectivity index (χ0) is 28.6. The number of nitrogens with one attached hydrogen (secondary N) is 2. The Morgan fingerprint density at radius 1 is 1.05 bits per heavy atom. The first-order valence-corrected chi connectivity index (χ1v) is 14.4. The van der Waals surface area contributed by atoms with E-state index in [0.717, 1.165) is 61.5 Å². The summed E-state index contributed by atoms with van der Waals surface area (Å²) in [6.07, 6.45) is 2.73. The van der Waals surface area contributed by atoms with Gasteiger partial charge in [-0.25, -0.2) is 4.98 Å². The van der Waals surface area contributed by atoms with Gasteiger partial charge in [-0.15, -0.1) is 0 Å². The minimum absolute atomic E-state index is 0.144. The topological polar surface area (TPSA) is 89.0 Å². The second-order valence-electron chi connectivity index (χ2n) is 11.3. The average Bonchev–Trinajstić information content (AvgIpc) is 2.91. The van der Waals surface area contributed by atoms with Crippen LogP contribution in [0.1, 0.15) is 36.0 Å². The summed E-state index contributed by atoms with van der Waals surface area (Å²) in [5.74, 6) is 2.46. The van der Waals surface area contributed by atoms with E-state index in [1.807, 2.05) is 0 Å². The maximum absolute atomic E-state index is 9.18. The summed E-state index contributed by atoms with van der Waals surface area (Å²) in [7, 11) is 8.33. The quantitative estimate of drug-likeness (QED) is 0.273. The molecule has 1 fully saturated rings. The van der Waals surface area contributed by atoms with Gasteiger partial charge in [-0.05, 0) is 82.6 Å². The highest BCUT2D eigenvalue weighted by Crippen LogP contribution is 2.32. The highest BCUT2D eigenvalue weighted by Gasteiger charge is 2.23. The first-order chi connectivity index (χ1) is 19.2. The van der Waals surface area contributed by atoms with Gasteiger partial charge >= 0.3 is 0 Å². The number of aliphatic hydroxyl groups is 1. The van der Waals surface area contributed by atoms with Crippen molar-refractivity contribution in [3.63, 3.8) is 0 Å². The van der Waals surface area contributed by atoms with Crippen molar-refractivity contribution in [2.45, 2.75) is 45.7 Å². The molecule has 3 N–H and O–H groups in total. The lowest BCUT2D eigenvalue weighted by atomic mass is 10.0. The second kappa shape index (κ2) is 14.0. The summed E-state index contributed by atoms with van der Waals surface area (Å²) < 4.78 is 6.24. The molecular weight excluding hydrogens is 502 g/mol. The van der Waals surface area contributed by atoms with Crippen LogP contribution in [0.15, 0.2) is 30.3 Å². The number of fused-ring (bicyclic) bond motifs is 1. The molecule has 1 aliphatic heterocycles. The number of likely N-dealkylation sites (tertiary alicyclic amines) is 1. The number of aliphatic hydroxyl groups excluding tert-OH is 1. The second-order valence-corrected chi connectivity index (χ2v) is 11.3. The fourth-order valence-electron chi connectivity index (χ4n) is 5.11. The van der Waals surface area contributed by atoms with Crippen molar-refractivity contribution in [2.24, 2.45) is 0 Å². The SMILES string of the molecule is Cc1cc2nc(NCCCO)nc(NC3CCN(Cc4c(OCCN(C)C)cccc4N(C)C)CC3)c2cc1C. The zero-order valence-corrected chi connectivity index (χ0v) is 25.1. The van der Waals surface area contributed by atoms with Crippen LogP contribution in [0, 0.1) is 13.8 Å². The minimum atomic E-state index is 0.144. The molecule has 9 heteroatoms. The lowest BCUT2D eigenvalue weighted by Gasteiger charge is -2.34. The molecular formula is C31H47N7O2. The average molecular weight is 550 g/mol. The number of hydrogen-bond donors (Lipinski definition) is 3. The Kier molecular flexibility index (Phi) is 10.4. The summed E-state index contributed by atoms with van der Waals surface area (Å²) in [5, 5.41) is 17.3. The summed E-state index contributed by atoms with van der Waals surface area (Å²) in [6.45, 7) is 9.46. The van der Waals surface area contributed by atoms with Crippen molar-refractivity contribution in [1.82, 2.24) is 19.8 Å². The Morgan fingerprint density at radius 3 is 2.50 bits per heavy atom. The van der Waals surface area contributed by atoms with E-state index in [-0.39, 0.29) is 6.61 Å². The Labute approximate surface area is 239 Å². The van der Waals surface area contributed by atoms with Crippen molar-refractivity contribution >= 4 is 28.4 Å². The van der Waals surface area contributed by atoms with Gasteiger partial charge in [0, 0.05) is 76.1 Å². The van der Waals surface area contributed by atoms with Gasteiger partial charge in [0.25, 0.3) is 0 Å². The molecule has 9 nitrogen and oxygen atoms in total. The smallest absolute Gasteiger partial charge is 0.225 e. The highest BCUT2D eigenvalue weighted by molar-refractivity contribution is 5.91. The van der Waals surface area contributed by atoms with E-state index in [1.165, 1.54) is 22.4 Å². The van der Waals surface area contributed by atoms with Gasteiger partial charge in [-0.1, -0.05) is 6.07 Å². The highest BCUT2D eigenvalue weighted by atomic mass is 16.5. The molecule has 1 aromatic heterocycles. The molecule has 0 saturated carbocycles. The third-order valence-corrected chi connectivity index (χ3v) is 7.63. The molecule has 0 atom stereocenters. The molecule has 0 aliphatic carbocycles. The number of nitrogens with zero attached hydrogens (tertiary/aromatic N) is 5. The molecule has 3 aromatic rings. The summed E-state index contributed by atoms with van der Waals surface area (Å²) in [5.41, 5.74) is 5.85. The molecule has 4 rings (SSSR count). The maximum Gasteiger partial charge on any atom is 0.225 e. The van der Waals surface area contributed by atoms with Crippen molar-refractivity contribution in [1.29, 1.82) is 0 Å². The Bertz CT molecular complexity index is 1260. The van der Waals surface area contributed by atoms with E-state index >= 15 is 0 Å². The van der Waals surface area contributed by atoms with Gasteiger partial charge in [0.1, 0.15) is 18.2 Å². The largest absolute Gasteiger partial charge is 0.492 e. The monoisotopic (exact) mass is 549 g/mol. The number of aryl methyl sites for hydroxylation is 2. The molecule has 0 amide bonds. The van der Waals surface area contributed by atoms with Gasteiger partial charge in [0.05, 0.1) is 5.52 Å². The molecule has 0 unspecified atom stereocenters. The molecule has 0 bridgehead atoms. The summed E-state index contributed by atoms with van der Waals surface area (Å²) >= 11 is 0. The molecule has 0 spiro atoms. The predicted octanol–water partition coefficient (Wildman–Crippen LogP) is 4.12. The Balaban J connectivity index is 1.45. The van der Waals surface area contributed by atoms with Gasteiger partial charge in [-0.2, -0.15) is 4.98 Å². The van der Waals surface area contributed by atoms with Gasteiger partial charge in [0.15, 0.2) is 0 Å². The van der Waals surface area contributed by atoms with E-state index in [2.05, 4.69) is 97.7 Å². The fraction of sp³-hybridized carbons (Fsp3) is 0.548. The van der Waals surface area contributed by atoms with Crippen molar-refractivity contribution in [3.05, 3.63) is 47.0 Å². The number of piperidine rings is 1. The van der Waals surface area contributed by atoms with Crippen LogP contribution in [0.25, 0.3) is 10.9 Å². The maximum atomic E-state index is 9.18. The molecule has 2 aromatic carbocycles. The number of hydrogen-bond acceptors (Lipinski definition) is 9. The number of rotatable bonds is 13. The van der Waals surface area contributed by atoms with Crippen LogP contribution in [0.3, 0.4) is 0 Å². The number of ether oxygens (including phenoxy) is 1. The van der Waals surface area contributed by atoms with Gasteiger partial charge < -0.3 is 30.3 Å². The number of likely N-dealkylation sites (N-methyl/N-ethyl adjacent to an activating group) is 1. The normalized spacial score (nSPS) is 14.6. The van der Waals surface area contributed by atoms with E-state index in [0.29, 0.717) is 31.6 Å². The predicted molar refractivity (Wildman–Crippen MR) is 166 cm³/mol. The minimum Gasteiger partial charge on any atom is -0.492 e. The van der Waals surface area contributed by atoms with E-state index in [9.17, 15) is 5.11 Å². The molecule has 1 saturated heterocycles. The molecule has 1 aliphatic rings. The zero-order valence-electron chi connectivity index (χ0n) is 25.1. The van der Waals surface area contributed by atoms with Gasteiger partial charge in [-0.3, -0.25) is 4.90 Å². The lowest BCUT2D eigenvalue weighted by molar-refractivity contribution is 0.205. The van der Waals surface area contributed by atoms with Crippen LogP contribution in [-0.4, -0.2) is 98.5 Å². The first-order valence-electron chi connectivity index (χ1n) is 14.4. The molecule has 218 valence electrons. The third-order valence-electron chi connectivity index (χ3n) is 7.63. The number of anilines is 3. The lowest BCUT2D eigenvalue weighted by Crippen LogP contribution is -2.39. The Hall–Kier alpha value is -3.14. The molecule has 2 heterocycles. The first kappa shape index (κ1) is 29.8. The number of benzene rings is 2. The van der Waals surface area contributed by atoms with Crippen molar-refractivity contribution in [2.75, 3.05) is 83.1 Å². The molecule has 40 heavy (non-hydrogen) atoms. The van der Waals surface area contributed by atoms with Crippen LogP contribution in [0.2, 0.25) is 0 Å². The number of aromatic nitrogens is 2. The fourth-order valence-corrected chi connectivity index (χ4v) is 5.11. The van der Waals surface area contributed by atoms with Crippen LogP contribution in [0.5, 0.6) is 5.75 Å². The van der Waals surface area contributed by atoms with Crippen LogP contribution >= 0.6 is 0 Å².